The molecule has 0 saturated heterocycles. The molecule has 0 amide bonds. The van der Waals surface area contributed by atoms with E-state index in [1.165, 1.54) is 57.8 Å². The normalized spacial score (nSPS) is 12.2. The molecule has 0 aliphatic heterocycles. The minimum absolute atomic E-state index is 0.0654. The molecule has 0 spiro atoms. The van der Waals surface area contributed by atoms with Crippen LogP contribution in [0.15, 0.2) is 12.2 Å². The second-order valence-corrected chi connectivity index (χ2v) is 9.12. The number of aliphatic hydroxyl groups excluding tert-OH is 1. The summed E-state index contributed by atoms with van der Waals surface area (Å²) in [5.41, 5.74) is 0. The van der Waals surface area contributed by atoms with E-state index in [-0.39, 0.29) is 25.2 Å². The van der Waals surface area contributed by atoms with E-state index in [1.807, 2.05) is 0 Å². The topological polar surface area (TPSA) is 72.8 Å². The molecule has 0 aromatic rings. The van der Waals surface area contributed by atoms with Gasteiger partial charge < -0.3 is 14.6 Å². The first-order valence-electron chi connectivity index (χ1n) is 13.7. The molecule has 0 heterocycles. The zero-order valence-corrected chi connectivity index (χ0v) is 21.7. The van der Waals surface area contributed by atoms with Gasteiger partial charge in [-0.1, -0.05) is 103 Å². The van der Waals surface area contributed by atoms with Crippen molar-refractivity contribution in [1.82, 2.24) is 0 Å². The number of esters is 2. The van der Waals surface area contributed by atoms with Gasteiger partial charge in [0, 0.05) is 12.8 Å². The van der Waals surface area contributed by atoms with Crippen molar-refractivity contribution in [1.29, 1.82) is 0 Å². The lowest BCUT2D eigenvalue weighted by atomic mass is 10.1. The highest BCUT2D eigenvalue weighted by molar-refractivity contribution is 5.70. The first-order chi connectivity index (χ1) is 16.1. The SMILES string of the molecule is CCC/C=C\CCCCCCCC(=O)OC(CO)COC(=O)CCCCCCCCCCC. The van der Waals surface area contributed by atoms with E-state index in [0.717, 1.165) is 51.4 Å². The molecule has 1 atom stereocenters. The molecule has 0 aliphatic carbocycles. The molecule has 0 aromatic heterocycles. The van der Waals surface area contributed by atoms with Crippen molar-refractivity contribution in [2.24, 2.45) is 0 Å². The summed E-state index contributed by atoms with van der Waals surface area (Å²) < 4.78 is 10.4. The Hall–Kier alpha value is -1.36. The molecule has 0 rings (SSSR count). The monoisotopic (exact) mass is 468 g/mol. The van der Waals surface area contributed by atoms with E-state index in [1.54, 1.807) is 0 Å². The first kappa shape index (κ1) is 31.6. The van der Waals surface area contributed by atoms with Crippen LogP contribution < -0.4 is 0 Å². The predicted molar refractivity (Wildman–Crippen MR) is 136 cm³/mol. The van der Waals surface area contributed by atoms with Crippen molar-refractivity contribution in [3.05, 3.63) is 12.2 Å². The number of allylic oxidation sites excluding steroid dienone is 2. The average Bonchev–Trinajstić information content (AvgIpc) is 2.81. The Morgan fingerprint density at radius 3 is 1.76 bits per heavy atom. The molecule has 0 aliphatic rings. The zero-order valence-electron chi connectivity index (χ0n) is 21.7. The van der Waals surface area contributed by atoms with Crippen LogP contribution in [-0.4, -0.2) is 36.4 Å². The van der Waals surface area contributed by atoms with Gasteiger partial charge in [-0.2, -0.15) is 0 Å². The third-order valence-corrected chi connectivity index (χ3v) is 5.79. The van der Waals surface area contributed by atoms with Gasteiger partial charge >= 0.3 is 11.9 Å². The fraction of sp³-hybridized carbons (Fsp3) is 0.857. The number of aliphatic hydroxyl groups is 1. The van der Waals surface area contributed by atoms with Gasteiger partial charge in [0.2, 0.25) is 0 Å². The molecule has 1 unspecified atom stereocenters. The minimum atomic E-state index is -0.764. The summed E-state index contributed by atoms with van der Waals surface area (Å²) in [5, 5.41) is 9.41. The number of carbonyl (C=O) groups is 2. The lowest BCUT2D eigenvalue weighted by Gasteiger charge is -2.15. The van der Waals surface area contributed by atoms with Gasteiger partial charge in [-0.25, -0.2) is 0 Å². The van der Waals surface area contributed by atoms with Crippen LogP contribution in [0.1, 0.15) is 136 Å². The molecule has 194 valence electrons. The lowest BCUT2D eigenvalue weighted by Crippen LogP contribution is -2.28. The molecule has 0 bridgehead atoms. The van der Waals surface area contributed by atoms with E-state index in [0.29, 0.717) is 12.8 Å². The first-order valence-corrected chi connectivity index (χ1v) is 13.7. The van der Waals surface area contributed by atoms with Crippen LogP contribution in [0.2, 0.25) is 0 Å². The fourth-order valence-corrected chi connectivity index (χ4v) is 3.67. The summed E-state index contributed by atoms with van der Waals surface area (Å²) in [6, 6.07) is 0. The Kier molecular flexibility index (Phi) is 24.2. The maximum absolute atomic E-state index is 12.0. The molecule has 33 heavy (non-hydrogen) atoms. The Morgan fingerprint density at radius 2 is 1.18 bits per heavy atom. The number of ether oxygens (including phenoxy) is 2. The maximum Gasteiger partial charge on any atom is 0.306 e. The molecule has 0 saturated carbocycles. The standard InChI is InChI=1S/C28H52O5/c1-3-5-7-9-11-13-15-17-19-21-23-28(31)33-26(24-29)25-32-27(30)22-20-18-16-14-12-10-8-6-4-2/h7,9,26,29H,3-6,8,10-25H2,1-2H3/b9-7-. The molecule has 5 heteroatoms. The van der Waals surface area contributed by atoms with E-state index in [2.05, 4.69) is 26.0 Å². The Morgan fingerprint density at radius 1 is 0.667 bits per heavy atom. The zero-order chi connectivity index (χ0) is 24.4. The summed E-state index contributed by atoms with van der Waals surface area (Å²) >= 11 is 0. The number of hydrogen-bond donors (Lipinski definition) is 1. The molecular weight excluding hydrogens is 416 g/mol. The van der Waals surface area contributed by atoms with Crippen LogP contribution in [0, 0.1) is 0 Å². The highest BCUT2D eigenvalue weighted by Crippen LogP contribution is 2.12. The van der Waals surface area contributed by atoms with Gasteiger partial charge in [-0.05, 0) is 32.1 Å². The largest absolute Gasteiger partial charge is 0.462 e. The van der Waals surface area contributed by atoms with E-state index < -0.39 is 6.10 Å². The van der Waals surface area contributed by atoms with Crippen LogP contribution in [0.25, 0.3) is 0 Å². The third kappa shape index (κ3) is 23.6. The van der Waals surface area contributed by atoms with Crippen molar-refractivity contribution in [3.63, 3.8) is 0 Å². The van der Waals surface area contributed by atoms with Crippen LogP contribution in [-0.2, 0) is 19.1 Å². The van der Waals surface area contributed by atoms with E-state index in [4.69, 9.17) is 9.47 Å². The second-order valence-electron chi connectivity index (χ2n) is 9.12. The van der Waals surface area contributed by atoms with Crippen LogP contribution in [0.5, 0.6) is 0 Å². The number of carbonyl (C=O) groups excluding carboxylic acids is 2. The highest BCUT2D eigenvalue weighted by Gasteiger charge is 2.16. The van der Waals surface area contributed by atoms with Gasteiger partial charge in [-0.3, -0.25) is 9.59 Å². The molecule has 0 aromatic carbocycles. The van der Waals surface area contributed by atoms with Gasteiger partial charge in [-0.15, -0.1) is 0 Å². The average molecular weight is 469 g/mol. The van der Waals surface area contributed by atoms with Crippen molar-refractivity contribution in [2.45, 2.75) is 142 Å². The number of unbranched alkanes of at least 4 members (excludes halogenated alkanes) is 14. The van der Waals surface area contributed by atoms with Crippen LogP contribution in [0.4, 0.5) is 0 Å². The second kappa shape index (κ2) is 25.3. The number of rotatable bonds is 24. The summed E-state index contributed by atoms with van der Waals surface area (Å²) in [5.74, 6) is -0.608. The smallest absolute Gasteiger partial charge is 0.306 e. The Bertz CT molecular complexity index is 475. The van der Waals surface area contributed by atoms with Gasteiger partial charge in [0.15, 0.2) is 6.10 Å². The van der Waals surface area contributed by atoms with E-state index in [9.17, 15) is 14.7 Å². The predicted octanol–water partition coefficient (Wildman–Crippen LogP) is 7.44. The minimum Gasteiger partial charge on any atom is -0.462 e. The maximum atomic E-state index is 12.0. The number of hydrogen-bond acceptors (Lipinski definition) is 5. The van der Waals surface area contributed by atoms with Gasteiger partial charge in [0.1, 0.15) is 6.61 Å². The molecule has 0 fully saturated rings. The Balaban J connectivity index is 3.63. The summed E-state index contributed by atoms with van der Waals surface area (Å²) in [6.07, 6.45) is 24.1. The quantitative estimate of drug-likeness (QED) is 0.0905. The highest BCUT2D eigenvalue weighted by atomic mass is 16.6. The van der Waals surface area contributed by atoms with Gasteiger partial charge in [0.25, 0.3) is 0 Å². The lowest BCUT2D eigenvalue weighted by molar-refractivity contribution is -0.161. The van der Waals surface area contributed by atoms with Crippen molar-refractivity contribution in [3.8, 4) is 0 Å². The van der Waals surface area contributed by atoms with Crippen molar-refractivity contribution < 1.29 is 24.2 Å². The molecule has 0 radical (unpaired) electrons. The molecule has 5 nitrogen and oxygen atoms in total. The van der Waals surface area contributed by atoms with E-state index >= 15 is 0 Å². The molecular formula is C28H52O5. The van der Waals surface area contributed by atoms with Crippen LogP contribution in [0.3, 0.4) is 0 Å². The van der Waals surface area contributed by atoms with Gasteiger partial charge in [0.05, 0.1) is 6.61 Å². The summed E-state index contributed by atoms with van der Waals surface area (Å²) in [7, 11) is 0. The van der Waals surface area contributed by atoms with Crippen LogP contribution >= 0.6 is 0 Å². The summed E-state index contributed by atoms with van der Waals surface area (Å²) in [6.45, 7) is 4.01. The Labute approximate surface area is 203 Å². The summed E-state index contributed by atoms with van der Waals surface area (Å²) in [4.78, 5) is 23.8. The fourth-order valence-electron chi connectivity index (χ4n) is 3.67. The van der Waals surface area contributed by atoms with Crippen molar-refractivity contribution >= 4 is 11.9 Å². The third-order valence-electron chi connectivity index (χ3n) is 5.79. The van der Waals surface area contributed by atoms with Crippen molar-refractivity contribution in [2.75, 3.05) is 13.2 Å². The molecule has 1 N–H and O–H groups in total.